The van der Waals surface area contributed by atoms with E-state index in [0.717, 1.165) is 12.0 Å². The van der Waals surface area contributed by atoms with Crippen LogP contribution in [0, 0.1) is 0 Å². The van der Waals surface area contributed by atoms with Crippen molar-refractivity contribution in [2.45, 2.75) is 57.7 Å². The minimum absolute atomic E-state index is 0.0646. The Labute approximate surface area is 153 Å². The summed E-state index contributed by atoms with van der Waals surface area (Å²) >= 11 is 0. The fourth-order valence-corrected chi connectivity index (χ4v) is 3.25. The summed E-state index contributed by atoms with van der Waals surface area (Å²) in [4.78, 5) is 22.6. The molecule has 0 fully saturated rings. The Morgan fingerprint density at radius 3 is 2.73 bits per heavy atom. The first-order valence-electron chi connectivity index (χ1n) is 8.79. The van der Waals surface area contributed by atoms with Gasteiger partial charge in [-0.3, -0.25) is 9.59 Å². The summed E-state index contributed by atoms with van der Waals surface area (Å²) in [5.41, 5.74) is 0.724. The quantitative estimate of drug-likeness (QED) is 0.485. The Morgan fingerprint density at radius 2 is 2.12 bits per heavy atom. The number of hydrogen-bond donors (Lipinski definition) is 3. The van der Waals surface area contributed by atoms with Gasteiger partial charge in [0, 0.05) is 24.2 Å². The van der Waals surface area contributed by atoms with Crippen LogP contribution in [0.4, 0.5) is 0 Å². The van der Waals surface area contributed by atoms with E-state index >= 15 is 0 Å². The number of hydrogen-bond acceptors (Lipinski definition) is 6. The van der Waals surface area contributed by atoms with Crippen LogP contribution in [0.5, 0.6) is 11.5 Å². The molecule has 3 N–H and O–H groups in total. The molecule has 0 aliphatic carbocycles. The van der Waals surface area contributed by atoms with Gasteiger partial charge in [-0.1, -0.05) is 11.6 Å². The number of allylic oxidation sites excluding steroid dienone is 2. The van der Waals surface area contributed by atoms with Crippen LogP contribution < -0.4 is 4.74 Å². The van der Waals surface area contributed by atoms with Gasteiger partial charge < -0.3 is 20.1 Å². The zero-order valence-electron chi connectivity index (χ0n) is 15.2. The third-order valence-corrected chi connectivity index (χ3v) is 4.98. The average molecular weight is 362 g/mol. The number of aliphatic hydroxyl groups is 2. The summed E-state index contributed by atoms with van der Waals surface area (Å²) < 4.78 is 5.97. The van der Waals surface area contributed by atoms with E-state index in [9.17, 15) is 19.8 Å². The van der Waals surface area contributed by atoms with Crippen LogP contribution in [0.25, 0.3) is 0 Å². The van der Waals surface area contributed by atoms with Crippen molar-refractivity contribution in [3.05, 3.63) is 34.4 Å². The number of ether oxygens (including phenoxy) is 1. The molecule has 1 aliphatic rings. The molecule has 0 saturated carbocycles. The van der Waals surface area contributed by atoms with Gasteiger partial charge in [-0.05, 0) is 45.6 Å². The van der Waals surface area contributed by atoms with Crippen molar-refractivity contribution >= 4 is 12.6 Å². The second-order valence-corrected chi connectivity index (χ2v) is 6.99. The first-order chi connectivity index (χ1) is 12.4. The Balaban J connectivity index is 2.25. The van der Waals surface area contributed by atoms with Crippen LogP contribution in [0.15, 0.2) is 17.7 Å². The van der Waals surface area contributed by atoms with Gasteiger partial charge in [0.05, 0.1) is 11.7 Å². The number of aldehydes is 2. The minimum Gasteiger partial charge on any atom is -0.508 e. The molecule has 1 aliphatic heterocycles. The maximum Gasteiger partial charge on any atom is 0.154 e. The summed E-state index contributed by atoms with van der Waals surface area (Å²) in [5, 5.41) is 29.5. The van der Waals surface area contributed by atoms with E-state index in [4.69, 9.17) is 9.84 Å². The van der Waals surface area contributed by atoms with Crippen LogP contribution in [-0.2, 0) is 6.42 Å². The number of phenolic OH excluding ortho intramolecular Hbond substituents is 1. The smallest absolute Gasteiger partial charge is 0.154 e. The number of aliphatic hydroxyl groups excluding tert-OH is 2. The van der Waals surface area contributed by atoms with E-state index in [1.807, 2.05) is 13.0 Å². The van der Waals surface area contributed by atoms with Crippen molar-refractivity contribution in [3.63, 3.8) is 0 Å². The molecule has 26 heavy (non-hydrogen) atoms. The van der Waals surface area contributed by atoms with Gasteiger partial charge in [0.1, 0.15) is 17.1 Å². The third kappa shape index (κ3) is 4.14. The van der Waals surface area contributed by atoms with Crippen LogP contribution in [0.3, 0.4) is 0 Å². The zero-order chi connectivity index (χ0) is 19.3. The number of carbonyl (C=O) groups is 2. The second-order valence-electron chi connectivity index (χ2n) is 6.99. The van der Waals surface area contributed by atoms with Crippen LogP contribution in [0.2, 0.25) is 0 Å². The lowest BCUT2D eigenvalue weighted by Crippen LogP contribution is -2.49. The van der Waals surface area contributed by atoms with Gasteiger partial charge in [-0.25, -0.2) is 0 Å². The lowest BCUT2D eigenvalue weighted by Gasteiger charge is -2.40. The third-order valence-electron chi connectivity index (χ3n) is 4.98. The largest absolute Gasteiger partial charge is 0.508 e. The van der Waals surface area contributed by atoms with E-state index in [2.05, 4.69) is 0 Å². The first kappa shape index (κ1) is 20.1. The molecule has 2 rings (SSSR count). The summed E-state index contributed by atoms with van der Waals surface area (Å²) in [6.45, 7) is 3.90. The molecule has 0 aromatic heterocycles. The SMILES string of the molecule is C/C(=C\CCC1(C)Oc2c(C=O)c(C=O)cc(O)c2CC1O)CCCO. The molecule has 1 aromatic carbocycles. The average Bonchev–Trinajstić information content (AvgIpc) is 2.61. The van der Waals surface area contributed by atoms with Crippen LogP contribution in [-0.4, -0.2) is 46.2 Å². The molecule has 142 valence electrons. The Hall–Kier alpha value is -2.18. The summed E-state index contributed by atoms with van der Waals surface area (Å²) in [7, 11) is 0. The van der Waals surface area contributed by atoms with E-state index in [-0.39, 0.29) is 35.7 Å². The molecule has 6 heteroatoms. The van der Waals surface area contributed by atoms with Crippen LogP contribution in [0.1, 0.15) is 65.8 Å². The zero-order valence-corrected chi connectivity index (χ0v) is 15.2. The predicted octanol–water partition coefficient (Wildman–Crippen LogP) is 2.57. The highest BCUT2D eigenvalue weighted by atomic mass is 16.5. The molecule has 6 nitrogen and oxygen atoms in total. The van der Waals surface area contributed by atoms with E-state index in [1.165, 1.54) is 6.07 Å². The van der Waals surface area contributed by atoms with Crippen molar-refractivity contribution in [3.8, 4) is 11.5 Å². The summed E-state index contributed by atoms with van der Waals surface area (Å²) in [5.74, 6) is 0.0180. The molecule has 2 unspecified atom stereocenters. The fraction of sp³-hybridized carbons (Fsp3) is 0.500. The number of fused-ring (bicyclic) bond motifs is 1. The van der Waals surface area contributed by atoms with Crippen molar-refractivity contribution in [2.75, 3.05) is 6.61 Å². The molecule has 0 saturated heterocycles. The Morgan fingerprint density at radius 1 is 1.38 bits per heavy atom. The van der Waals surface area contributed by atoms with E-state index in [1.54, 1.807) is 6.92 Å². The lowest BCUT2D eigenvalue weighted by molar-refractivity contribution is -0.0595. The highest BCUT2D eigenvalue weighted by Crippen LogP contribution is 2.43. The molecule has 0 radical (unpaired) electrons. The van der Waals surface area contributed by atoms with Gasteiger partial charge in [0.15, 0.2) is 12.6 Å². The van der Waals surface area contributed by atoms with Crippen molar-refractivity contribution in [1.29, 1.82) is 0 Å². The molecule has 1 aromatic rings. The molecule has 0 bridgehead atoms. The number of aromatic hydroxyl groups is 1. The molecular formula is C20H26O6. The lowest BCUT2D eigenvalue weighted by atomic mass is 9.84. The van der Waals surface area contributed by atoms with Crippen molar-refractivity contribution in [1.82, 2.24) is 0 Å². The molecule has 1 heterocycles. The van der Waals surface area contributed by atoms with Gasteiger partial charge in [-0.2, -0.15) is 0 Å². The Kier molecular flexibility index (Phi) is 6.56. The first-order valence-corrected chi connectivity index (χ1v) is 8.79. The van der Waals surface area contributed by atoms with Crippen LogP contribution >= 0.6 is 0 Å². The highest BCUT2D eigenvalue weighted by Gasteiger charge is 2.41. The number of rotatable bonds is 8. The minimum atomic E-state index is -0.938. The fourth-order valence-electron chi connectivity index (χ4n) is 3.25. The number of carbonyl (C=O) groups excluding carboxylic acids is 2. The predicted molar refractivity (Wildman–Crippen MR) is 96.9 cm³/mol. The summed E-state index contributed by atoms with van der Waals surface area (Å²) in [6.07, 6.45) is 5.07. The number of phenols is 1. The molecule has 0 spiro atoms. The molecule has 2 atom stereocenters. The summed E-state index contributed by atoms with van der Waals surface area (Å²) in [6, 6.07) is 1.22. The van der Waals surface area contributed by atoms with Gasteiger partial charge in [-0.15, -0.1) is 0 Å². The van der Waals surface area contributed by atoms with E-state index < -0.39 is 11.7 Å². The topological polar surface area (TPSA) is 104 Å². The van der Waals surface area contributed by atoms with Gasteiger partial charge >= 0.3 is 0 Å². The normalized spacial score (nSPS) is 22.5. The maximum absolute atomic E-state index is 11.5. The van der Waals surface area contributed by atoms with Gasteiger partial charge in [0.25, 0.3) is 0 Å². The van der Waals surface area contributed by atoms with Gasteiger partial charge in [0.2, 0.25) is 0 Å². The van der Waals surface area contributed by atoms with Crippen molar-refractivity contribution < 1.29 is 29.6 Å². The monoisotopic (exact) mass is 362 g/mol. The Bertz CT molecular complexity index is 709. The van der Waals surface area contributed by atoms with E-state index in [0.29, 0.717) is 37.4 Å². The highest BCUT2D eigenvalue weighted by molar-refractivity contribution is 5.94. The number of benzene rings is 1. The standard InChI is InChI=1S/C20H26O6/c1-13(6-4-8-21)5-3-7-20(2)18(25)10-15-17(24)9-14(11-22)16(12-23)19(15)26-20/h5,9,11-12,18,21,24-25H,3-4,6-8,10H2,1-2H3/b13-5+. The van der Waals surface area contributed by atoms with Crippen molar-refractivity contribution in [2.24, 2.45) is 0 Å². The second kappa shape index (κ2) is 8.47. The maximum atomic E-state index is 11.5. The molecule has 0 amide bonds. The molecular weight excluding hydrogens is 336 g/mol.